The molecule has 4 saturated carbocycles. The summed E-state index contributed by atoms with van der Waals surface area (Å²) >= 11 is 0. The van der Waals surface area contributed by atoms with Gasteiger partial charge in [-0.25, -0.2) is 0 Å². The van der Waals surface area contributed by atoms with E-state index in [4.69, 9.17) is 4.74 Å². The number of methoxy groups -OCH3 is 1. The Labute approximate surface area is 188 Å². The zero-order valence-electron chi connectivity index (χ0n) is 20.3. The predicted octanol–water partition coefficient (Wildman–Crippen LogP) is 5.12. The van der Waals surface area contributed by atoms with Crippen LogP contribution in [0.2, 0.25) is 0 Å². The minimum Gasteiger partial charge on any atom is -0.469 e. The molecule has 0 aromatic heterocycles. The molecule has 2 N–H and O–H groups in total. The maximum atomic E-state index is 11.7. The van der Waals surface area contributed by atoms with Crippen LogP contribution in [0.3, 0.4) is 0 Å². The quantitative estimate of drug-likeness (QED) is 0.478. The Kier molecular flexibility index (Phi) is 6.37. The molecule has 0 aromatic carbocycles. The molecule has 4 rings (SSSR count). The fraction of sp³-hybridized carbons (Fsp3) is 0.889. The molecule has 4 aliphatic carbocycles. The van der Waals surface area contributed by atoms with Gasteiger partial charge in [0.15, 0.2) is 0 Å². The van der Waals surface area contributed by atoms with E-state index in [9.17, 15) is 15.0 Å². The summed E-state index contributed by atoms with van der Waals surface area (Å²) in [5.74, 6) is 2.76. The third-order valence-electron chi connectivity index (χ3n) is 10.7. The zero-order chi connectivity index (χ0) is 22.6. The highest BCUT2D eigenvalue weighted by atomic mass is 16.5. The van der Waals surface area contributed by atoms with Crippen molar-refractivity contribution in [2.24, 2.45) is 46.3 Å². The number of aliphatic hydroxyl groups is 2. The highest BCUT2D eigenvalue weighted by Gasteiger charge is 2.63. The molecule has 0 aliphatic heterocycles. The maximum Gasteiger partial charge on any atom is 0.305 e. The van der Waals surface area contributed by atoms with Crippen molar-refractivity contribution in [1.29, 1.82) is 0 Å². The summed E-state index contributed by atoms with van der Waals surface area (Å²) in [5.41, 5.74) is 1.64. The van der Waals surface area contributed by atoms with Gasteiger partial charge in [0.25, 0.3) is 0 Å². The average molecular weight is 433 g/mol. The van der Waals surface area contributed by atoms with Crippen LogP contribution in [0.15, 0.2) is 11.6 Å². The van der Waals surface area contributed by atoms with Gasteiger partial charge in [-0.1, -0.05) is 26.8 Å². The first kappa shape index (κ1) is 23.3. The van der Waals surface area contributed by atoms with Gasteiger partial charge in [0, 0.05) is 6.42 Å². The van der Waals surface area contributed by atoms with E-state index in [2.05, 4.69) is 33.8 Å². The van der Waals surface area contributed by atoms with Crippen LogP contribution in [0.25, 0.3) is 0 Å². The van der Waals surface area contributed by atoms with Crippen molar-refractivity contribution in [2.75, 3.05) is 7.11 Å². The lowest BCUT2D eigenvalue weighted by atomic mass is 9.42. The SMILES string of the molecule is C/C=C1/[C@@H](O)[C@@H]2[C@H](CC[C@]3(C)[C@@H]([C@H](C)CCC(=O)OC)CC[C@@H]23)[C@@]2(C)CC[C@@H](O)C[C@@H]12. The molecule has 31 heavy (non-hydrogen) atoms. The van der Waals surface area contributed by atoms with Crippen molar-refractivity contribution >= 4 is 5.97 Å². The first-order chi connectivity index (χ1) is 14.7. The molecule has 10 atom stereocenters. The van der Waals surface area contributed by atoms with E-state index in [0.717, 1.165) is 25.7 Å². The van der Waals surface area contributed by atoms with Crippen LogP contribution >= 0.6 is 0 Å². The summed E-state index contributed by atoms with van der Waals surface area (Å²) in [4.78, 5) is 11.7. The highest BCUT2D eigenvalue weighted by molar-refractivity contribution is 5.69. The molecule has 0 amide bonds. The molecular weight excluding hydrogens is 388 g/mol. The van der Waals surface area contributed by atoms with Crippen LogP contribution in [-0.2, 0) is 9.53 Å². The molecule has 0 unspecified atom stereocenters. The molecule has 4 aliphatic rings. The van der Waals surface area contributed by atoms with Gasteiger partial charge in [-0.05, 0) is 110 Å². The molecule has 4 heteroatoms. The lowest BCUT2D eigenvalue weighted by Crippen LogP contribution is -2.59. The average Bonchev–Trinajstić information content (AvgIpc) is 3.10. The second kappa shape index (κ2) is 8.48. The summed E-state index contributed by atoms with van der Waals surface area (Å²) in [7, 11) is 1.47. The summed E-state index contributed by atoms with van der Waals surface area (Å²) in [6.45, 7) is 9.35. The largest absolute Gasteiger partial charge is 0.469 e. The first-order valence-electron chi connectivity index (χ1n) is 12.8. The predicted molar refractivity (Wildman–Crippen MR) is 122 cm³/mol. The minimum atomic E-state index is -0.368. The van der Waals surface area contributed by atoms with E-state index >= 15 is 0 Å². The van der Waals surface area contributed by atoms with Crippen molar-refractivity contribution < 1.29 is 19.7 Å². The second-order valence-corrected chi connectivity index (χ2v) is 11.8. The third kappa shape index (κ3) is 3.60. The molecule has 0 saturated heterocycles. The Balaban J connectivity index is 1.60. The third-order valence-corrected chi connectivity index (χ3v) is 10.7. The van der Waals surface area contributed by atoms with E-state index < -0.39 is 0 Å². The lowest BCUT2D eigenvalue weighted by Gasteiger charge is -2.63. The number of carbonyl (C=O) groups excluding carboxylic acids is 1. The number of rotatable bonds is 4. The number of fused-ring (bicyclic) bond motifs is 5. The molecule has 4 fully saturated rings. The lowest BCUT2D eigenvalue weighted by molar-refractivity contribution is -0.148. The smallest absolute Gasteiger partial charge is 0.305 e. The van der Waals surface area contributed by atoms with Gasteiger partial charge in [0.2, 0.25) is 0 Å². The van der Waals surface area contributed by atoms with Crippen LogP contribution in [0.5, 0.6) is 0 Å². The summed E-state index contributed by atoms with van der Waals surface area (Å²) in [6, 6.07) is 0. The zero-order valence-corrected chi connectivity index (χ0v) is 20.3. The Bertz CT molecular complexity index is 716. The Morgan fingerprint density at radius 2 is 1.81 bits per heavy atom. The van der Waals surface area contributed by atoms with Crippen LogP contribution in [0.1, 0.15) is 85.5 Å². The summed E-state index contributed by atoms with van der Waals surface area (Å²) in [6.07, 6.45) is 10.6. The van der Waals surface area contributed by atoms with Crippen molar-refractivity contribution in [3.63, 3.8) is 0 Å². The molecule has 0 aromatic rings. The number of ether oxygens (including phenoxy) is 1. The summed E-state index contributed by atoms with van der Waals surface area (Å²) in [5, 5.41) is 22.1. The number of aliphatic hydroxyl groups excluding tert-OH is 2. The van der Waals surface area contributed by atoms with E-state index in [1.54, 1.807) is 0 Å². The first-order valence-corrected chi connectivity index (χ1v) is 12.8. The number of hydrogen-bond acceptors (Lipinski definition) is 4. The van der Waals surface area contributed by atoms with Crippen molar-refractivity contribution in [2.45, 2.75) is 97.7 Å². The van der Waals surface area contributed by atoms with Crippen molar-refractivity contribution in [3.8, 4) is 0 Å². The maximum absolute atomic E-state index is 11.7. The number of carbonyl (C=O) groups is 1. The Morgan fingerprint density at radius 3 is 2.48 bits per heavy atom. The van der Waals surface area contributed by atoms with Gasteiger partial charge in [-0.2, -0.15) is 0 Å². The second-order valence-electron chi connectivity index (χ2n) is 11.8. The highest BCUT2D eigenvalue weighted by Crippen LogP contribution is 2.69. The standard InChI is InChI=1S/C27H44O4/c1-6-18-22-15-17(28)11-13-27(22,4)21-12-14-26(3)19(16(2)7-10-23(29)31-5)8-9-20(26)24(21)25(18)30/h6,16-17,19-22,24-25,28,30H,7-15H2,1-5H3/b18-6+/t16-,17-,19-,20+,21+,22+,24+,25-,26-,27-/m1/s1. The molecule has 4 nitrogen and oxygen atoms in total. The Morgan fingerprint density at radius 1 is 1.13 bits per heavy atom. The van der Waals surface area contributed by atoms with Gasteiger partial charge in [0.1, 0.15) is 0 Å². The van der Waals surface area contributed by atoms with Gasteiger partial charge in [0.05, 0.1) is 19.3 Å². The normalized spacial score (nSPS) is 49.1. The van der Waals surface area contributed by atoms with Gasteiger partial charge in [-0.3, -0.25) is 4.79 Å². The molecule has 176 valence electrons. The number of allylic oxidation sites excluding steroid dienone is 1. The van der Waals surface area contributed by atoms with Crippen LogP contribution in [0, 0.1) is 46.3 Å². The van der Waals surface area contributed by atoms with E-state index in [1.807, 2.05) is 0 Å². The van der Waals surface area contributed by atoms with E-state index in [1.165, 1.54) is 38.4 Å². The molecule has 0 radical (unpaired) electrons. The van der Waals surface area contributed by atoms with Crippen molar-refractivity contribution in [3.05, 3.63) is 11.6 Å². The minimum absolute atomic E-state index is 0.103. The molecule has 0 heterocycles. The topological polar surface area (TPSA) is 66.8 Å². The molecular formula is C27H44O4. The van der Waals surface area contributed by atoms with Crippen LogP contribution in [-0.4, -0.2) is 35.5 Å². The molecule has 0 spiro atoms. The monoisotopic (exact) mass is 432 g/mol. The van der Waals surface area contributed by atoms with Gasteiger partial charge >= 0.3 is 5.97 Å². The number of esters is 1. The summed E-state index contributed by atoms with van der Waals surface area (Å²) < 4.78 is 4.88. The van der Waals surface area contributed by atoms with Gasteiger partial charge in [-0.15, -0.1) is 0 Å². The van der Waals surface area contributed by atoms with E-state index in [0.29, 0.717) is 41.9 Å². The van der Waals surface area contributed by atoms with Crippen LogP contribution in [0.4, 0.5) is 0 Å². The van der Waals surface area contributed by atoms with Gasteiger partial charge < -0.3 is 14.9 Å². The van der Waals surface area contributed by atoms with E-state index in [-0.39, 0.29) is 29.0 Å². The Hall–Kier alpha value is -0.870. The fourth-order valence-electron chi connectivity index (χ4n) is 9.10. The number of hydrogen-bond donors (Lipinski definition) is 2. The van der Waals surface area contributed by atoms with Crippen molar-refractivity contribution in [1.82, 2.24) is 0 Å². The molecule has 0 bridgehead atoms. The fourth-order valence-corrected chi connectivity index (χ4v) is 9.10. The van der Waals surface area contributed by atoms with Crippen LogP contribution < -0.4 is 0 Å².